The summed E-state index contributed by atoms with van der Waals surface area (Å²) in [6, 6.07) is 4.64. The summed E-state index contributed by atoms with van der Waals surface area (Å²) in [5, 5.41) is 3.54. The van der Waals surface area contributed by atoms with Crippen molar-refractivity contribution in [2.24, 2.45) is 10.8 Å². The Kier molecular flexibility index (Phi) is 5.21. The molecule has 8 heteroatoms. The summed E-state index contributed by atoms with van der Waals surface area (Å²) in [6.45, 7) is 1.27. The number of rotatable bonds is 4. The van der Waals surface area contributed by atoms with Crippen LogP contribution in [-0.2, 0) is 14.4 Å². The fourth-order valence-corrected chi connectivity index (χ4v) is 1.22. The van der Waals surface area contributed by atoms with E-state index in [1.54, 1.807) is 6.07 Å². The normalized spacial score (nSPS) is 10.1. The van der Waals surface area contributed by atoms with E-state index in [1.165, 1.54) is 32.4 Å². The second-order valence-electron chi connectivity index (χ2n) is 3.57. The van der Waals surface area contributed by atoms with Gasteiger partial charge in [-0.2, -0.15) is 5.10 Å². The van der Waals surface area contributed by atoms with Crippen LogP contribution in [0.2, 0.25) is 0 Å². The highest BCUT2D eigenvalue weighted by molar-refractivity contribution is 6.34. The molecule has 0 heterocycles. The van der Waals surface area contributed by atoms with E-state index in [9.17, 15) is 14.4 Å². The summed E-state index contributed by atoms with van der Waals surface area (Å²) >= 11 is 0. The summed E-state index contributed by atoms with van der Waals surface area (Å²) in [6.07, 6.45) is 1.28. The van der Waals surface area contributed by atoms with Crippen LogP contribution >= 0.6 is 0 Å². The Morgan fingerprint density at radius 1 is 1.30 bits per heavy atom. The molecule has 2 amide bonds. The number of carbonyl (C=O) groups is 3. The molecular weight excluding hydrogens is 266 g/mol. The van der Waals surface area contributed by atoms with Gasteiger partial charge in [0.25, 0.3) is 0 Å². The van der Waals surface area contributed by atoms with Crippen LogP contribution in [0, 0.1) is 0 Å². The Hall–Kier alpha value is -2.90. The van der Waals surface area contributed by atoms with Crippen LogP contribution in [0.1, 0.15) is 12.5 Å². The van der Waals surface area contributed by atoms with Crippen LogP contribution in [0.5, 0.6) is 11.5 Å². The Bertz CT molecular complexity index is 568. The number of methoxy groups -OCH3 is 1. The average molecular weight is 279 g/mol. The molecule has 0 aliphatic carbocycles. The van der Waals surface area contributed by atoms with Gasteiger partial charge in [-0.25, -0.2) is 5.43 Å². The zero-order valence-corrected chi connectivity index (χ0v) is 10.9. The Morgan fingerprint density at radius 3 is 2.55 bits per heavy atom. The van der Waals surface area contributed by atoms with Gasteiger partial charge in [0.2, 0.25) is 0 Å². The van der Waals surface area contributed by atoms with E-state index in [4.69, 9.17) is 15.2 Å². The SMILES string of the molecule is COc1cc(/C=N\NC(=O)C(N)=O)ccc1OC(C)=O. The van der Waals surface area contributed by atoms with E-state index in [2.05, 4.69) is 5.10 Å². The van der Waals surface area contributed by atoms with E-state index in [-0.39, 0.29) is 5.75 Å². The largest absolute Gasteiger partial charge is 0.493 e. The van der Waals surface area contributed by atoms with Crippen LogP contribution in [0.4, 0.5) is 0 Å². The van der Waals surface area contributed by atoms with Gasteiger partial charge in [-0.05, 0) is 23.8 Å². The number of ether oxygens (including phenoxy) is 2. The molecule has 0 fully saturated rings. The molecule has 0 aliphatic rings. The van der Waals surface area contributed by atoms with Crippen molar-refractivity contribution in [1.29, 1.82) is 0 Å². The molecule has 1 aromatic carbocycles. The lowest BCUT2D eigenvalue weighted by Crippen LogP contribution is -2.32. The summed E-state index contributed by atoms with van der Waals surface area (Å²) in [4.78, 5) is 32.2. The molecule has 0 saturated carbocycles. The Balaban J connectivity index is 2.82. The predicted octanol–water partition coefficient (Wildman–Crippen LogP) is -0.444. The molecule has 0 atom stereocenters. The van der Waals surface area contributed by atoms with Gasteiger partial charge in [0, 0.05) is 6.92 Å². The molecule has 8 nitrogen and oxygen atoms in total. The molecule has 106 valence electrons. The predicted molar refractivity (Wildman–Crippen MR) is 69.2 cm³/mol. The van der Waals surface area contributed by atoms with Crippen molar-refractivity contribution < 1.29 is 23.9 Å². The molecule has 0 aromatic heterocycles. The molecule has 0 saturated heterocycles. The number of nitrogens with one attached hydrogen (secondary N) is 1. The molecule has 20 heavy (non-hydrogen) atoms. The van der Waals surface area contributed by atoms with Crippen molar-refractivity contribution in [3.63, 3.8) is 0 Å². The third-order valence-corrected chi connectivity index (χ3v) is 2.04. The van der Waals surface area contributed by atoms with Crippen LogP contribution in [0.15, 0.2) is 23.3 Å². The van der Waals surface area contributed by atoms with Crippen molar-refractivity contribution in [3.05, 3.63) is 23.8 Å². The van der Waals surface area contributed by atoms with Crippen LogP contribution in [0.25, 0.3) is 0 Å². The standard InChI is InChI=1S/C12H13N3O5/c1-7(16)20-9-4-3-8(5-10(9)19-2)6-14-15-12(18)11(13)17/h3-6H,1-2H3,(H2,13,17)(H,15,18)/b14-6-. The smallest absolute Gasteiger partial charge is 0.329 e. The highest BCUT2D eigenvalue weighted by Crippen LogP contribution is 2.27. The van der Waals surface area contributed by atoms with Crippen molar-refractivity contribution in [1.82, 2.24) is 5.43 Å². The fraction of sp³-hybridized carbons (Fsp3) is 0.167. The lowest BCUT2D eigenvalue weighted by Gasteiger charge is -2.08. The number of nitrogens with two attached hydrogens (primary N) is 1. The summed E-state index contributed by atoms with van der Waals surface area (Å²) in [5.74, 6) is -2.04. The molecule has 1 rings (SSSR count). The van der Waals surface area contributed by atoms with Crippen LogP contribution in [0.3, 0.4) is 0 Å². The van der Waals surface area contributed by atoms with Crippen molar-refractivity contribution in [2.45, 2.75) is 6.92 Å². The molecule has 0 radical (unpaired) electrons. The highest BCUT2D eigenvalue weighted by Gasteiger charge is 2.08. The quantitative estimate of drug-likeness (QED) is 0.254. The number of hydrogen-bond acceptors (Lipinski definition) is 6. The minimum Gasteiger partial charge on any atom is -0.493 e. The number of primary amides is 1. The fourth-order valence-electron chi connectivity index (χ4n) is 1.22. The van der Waals surface area contributed by atoms with Crippen LogP contribution in [-0.4, -0.2) is 31.1 Å². The van der Waals surface area contributed by atoms with E-state index < -0.39 is 17.8 Å². The van der Waals surface area contributed by atoms with E-state index in [1.807, 2.05) is 5.43 Å². The first-order valence-corrected chi connectivity index (χ1v) is 5.43. The van der Waals surface area contributed by atoms with Gasteiger partial charge in [-0.1, -0.05) is 0 Å². The first-order chi connectivity index (χ1) is 9.43. The van der Waals surface area contributed by atoms with Crippen molar-refractivity contribution in [3.8, 4) is 11.5 Å². The molecule has 0 unspecified atom stereocenters. The van der Waals surface area contributed by atoms with Gasteiger partial charge in [-0.15, -0.1) is 0 Å². The summed E-state index contributed by atoms with van der Waals surface area (Å²) in [5.41, 5.74) is 7.24. The number of hydrogen-bond donors (Lipinski definition) is 2. The highest BCUT2D eigenvalue weighted by atomic mass is 16.6. The van der Waals surface area contributed by atoms with Gasteiger partial charge in [0.15, 0.2) is 11.5 Å². The molecule has 0 bridgehead atoms. The van der Waals surface area contributed by atoms with Gasteiger partial charge in [0.1, 0.15) is 0 Å². The molecule has 0 spiro atoms. The lowest BCUT2D eigenvalue weighted by molar-refractivity contribution is -0.137. The molecule has 1 aromatic rings. The Labute approximate surface area is 114 Å². The second-order valence-corrected chi connectivity index (χ2v) is 3.57. The molecular formula is C12H13N3O5. The topological polar surface area (TPSA) is 120 Å². The van der Waals surface area contributed by atoms with E-state index in [0.29, 0.717) is 11.3 Å². The first-order valence-electron chi connectivity index (χ1n) is 5.43. The van der Waals surface area contributed by atoms with Gasteiger partial charge in [0.05, 0.1) is 13.3 Å². The van der Waals surface area contributed by atoms with E-state index in [0.717, 1.165) is 0 Å². The third kappa shape index (κ3) is 4.41. The number of carbonyl (C=O) groups excluding carboxylic acids is 3. The first kappa shape index (κ1) is 15.2. The monoisotopic (exact) mass is 279 g/mol. The number of esters is 1. The van der Waals surface area contributed by atoms with Gasteiger partial charge in [-0.3, -0.25) is 14.4 Å². The van der Waals surface area contributed by atoms with Crippen LogP contribution < -0.4 is 20.6 Å². The maximum Gasteiger partial charge on any atom is 0.329 e. The zero-order valence-electron chi connectivity index (χ0n) is 10.9. The number of benzene rings is 1. The summed E-state index contributed by atoms with van der Waals surface area (Å²) in [7, 11) is 1.41. The van der Waals surface area contributed by atoms with E-state index >= 15 is 0 Å². The van der Waals surface area contributed by atoms with Crippen molar-refractivity contribution in [2.75, 3.05) is 7.11 Å². The maximum absolute atomic E-state index is 10.9. The Morgan fingerprint density at radius 2 is 2.00 bits per heavy atom. The minimum atomic E-state index is -1.13. The summed E-state index contributed by atoms with van der Waals surface area (Å²) < 4.78 is 9.98. The maximum atomic E-state index is 10.9. The number of hydrazone groups is 1. The third-order valence-electron chi connectivity index (χ3n) is 2.04. The minimum absolute atomic E-state index is 0.262. The van der Waals surface area contributed by atoms with Crippen molar-refractivity contribution >= 4 is 24.0 Å². The second kappa shape index (κ2) is 6.88. The van der Waals surface area contributed by atoms with Gasteiger partial charge < -0.3 is 15.2 Å². The lowest BCUT2D eigenvalue weighted by atomic mass is 10.2. The average Bonchev–Trinajstić information content (AvgIpc) is 2.39. The molecule has 0 aliphatic heterocycles. The number of nitrogens with zero attached hydrogens (tertiary/aromatic N) is 1. The zero-order chi connectivity index (χ0) is 15.1. The van der Waals surface area contributed by atoms with Gasteiger partial charge >= 0.3 is 17.8 Å². The number of amides is 2. The molecule has 3 N–H and O–H groups in total.